The number of halogens is 1. The molecule has 0 aromatic heterocycles. The van der Waals surface area contributed by atoms with Crippen LogP contribution in [0.1, 0.15) is 18.4 Å². The molecule has 1 amide bonds. The molecule has 24 heavy (non-hydrogen) atoms. The van der Waals surface area contributed by atoms with Crippen molar-refractivity contribution in [3.05, 3.63) is 34.9 Å². The molecule has 5 nitrogen and oxygen atoms in total. The van der Waals surface area contributed by atoms with E-state index in [2.05, 4.69) is 5.32 Å². The molecular weight excluding hydrogens is 368 g/mol. The maximum Gasteiger partial charge on any atom is 0.224 e. The summed E-state index contributed by atoms with van der Waals surface area (Å²) >= 11 is 7.67. The lowest BCUT2D eigenvalue weighted by Gasteiger charge is -2.30. The summed E-state index contributed by atoms with van der Waals surface area (Å²) in [6.07, 6.45) is 2.67. The maximum atomic E-state index is 12.2. The van der Waals surface area contributed by atoms with Crippen LogP contribution in [-0.4, -0.2) is 50.3 Å². The van der Waals surface area contributed by atoms with E-state index in [-0.39, 0.29) is 11.8 Å². The van der Waals surface area contributed by atoms with Crippen molar-refractivity contribution in [2.45, 2.75) is 18.6 Å². The van der Waals surface area contributed by atoms with Gasteiger partial charge in [0.2, 0.25) is 15.9 Å². The summed E-state index contributed by atoms with van der Waals surface area (Å²) in [6.45, 7) is 1.39. The van der Waals surface area contributed by atoms with Crippen molar-refractivity contribution in [1.29, 1.82) is 0 Å². The van der Waals surface area contributed by atoms with Gasteiger partial charge in [-0.1, -0.05) is 23.7 Å². The summed E-state index contributed by atoms with van der Waals surface area (Å²) in [5.41, 5.74) is 1.16. The van der Waals surface area contributed by atoms with Gasteiger partial charge in [-0.05, 0) is 30.5 Å². The fourth-order valence-electron chi connectivity index (χ4n) is 2.67. The fraction of sp³-hybridized carbons (Fsp3) is 0.562. The minimum Gasteiger partial charge on any atom is -0.355 e. The normalized spacial score (nSPS) is 19.2. The molecule has 1 aromatic rings. The van der Waals surface area contributed by atoms with Crippen LogP contribution >= 0.6 is 23.4 Å². The van der Waals surface area contributed by atoms with Gasteiger partial charge >= 0.3 is 0 Å². The Bertz CT molecular complexity index is 667. The second-order valence-corrected chi connectivity index (χ2v) is 9.46. The zero-order valence-electron chi connectivity index (χ0n) is 13.7. The molecule has 2 rings (SSSR count). The molecule has 134 valence electrons. The highest BCUT2D eigenvalue weighted by molar-refractivity contribution is 7.98. The van der Waals surface area contributed by atoms with E-state index in [1.807, 2.05) is 24.3 Å². The molecular formula is C16H23ClN2O3S2. The van der Waals surface area contributed by atoms with Gasteiger partial charge in [-0.3, -0.25) is 4.79 Å². The van der Waals surface area contributed by atoms with E-state index in [9.17, 15) is 13.2 Å². The molecule has 1 aliphatic rings. The zero-order chi connectivity index (χ0) is 17.6. The first-order valence-corrected chi connectivity index (χ1v) is 11.3. The van der Waals surface area contributed by atoms with Crippen LogP contribution in [-0.2, 0) is 20.6 Å². The standard InChI is InChI=1S/C16H23ClN2O3S2/c1-24(21,22)19-8-3-5-14(11-19)16(20)18-7-9-23-12-13-4-2-6-15(17)10-13/h2,4,6,10,14H,3,5,7-9,11-12H2,1H3,(H,18,20)/t14-/m0/s1. The van der Waals surface area contributed by atoms with Crippen LogP contribution in [0.15, 0.2) is 24.3 Å². The first-order chi connectivity index (χ1) is 11.4. The highest BCUT2D eigenvalue weighted by Gasteiger charge is 2.29. The Kier molecular flexibility index (Phi) is 7.40. The Morgan fingerprint density at radius 3 is 2.96 bits per heavy atom. The number of carbonyl (C=O) groups excluding carboxylic acids is 1. The number of nitrogens with zero attached hydrogens (tertiary/aromatic N) is 1. The lowest BCUT2D eigenvalue weighted by Crippen LogP contribution is -2.45. The minimum absolute atomic E-state index is 0.0493. The van der Waals surface area contributed by atoms with Gasteiger partial charge in [0.1, 0.15) is 0 Å². The van der Waals surface area contributed by atoms with Crippen molar-refractivity contribution >= 4 is 39.3 Å². The van der Waals surface area contributed by atoms with Gasteiger partial charge in [0.05, 0.1) is 12.2 Å². The molecule has 8 heteroatoms. The summed E-state index contributed by atoms with van der Waals surface area (Å²) in [5.74, 6) is 1.36. The number of thioether (sulfide) groups is 1. The molecule has 1 saturated heterocycles. The predicted octanol–water partition coefficient (Wildman–Crippen LogP) is 2.36. The predicted molar refractivity (Wildman–Crippen MR) is 99.8 cm³/mol. The third kappa shape index (κ3) is 6.27. The summed E-state index contributed by atoms with van der Waals surface area (Å²) in [7, 11) is -3.22. The Labute approximate surface area is 153 Å². The van der Waals surface area contributed by atoms with Crippen molar-refractivity contribution in [3.8, 4) is 0 Å². The van der Waals surface area contributed by atoms with Gasteiger partial charge in [0.15, 0.2) is 0 Å². The van der Waals surface area contributed by atoms with E-state index in [4.69, 9.17) is 11.6 Å². The molecule has 0 aliphatic carbocycles. The molecule has 0 spiro atoms. The number of hydrogen-bond acceptors (Lipinski definition) is 4. The molecule has 1 heterocycles. The van der Waals surface area contributed by atoms with Crippen LogP contribution < -0.4 is 5.32 Å². The molecule has 0 unspecified atom stereocenters. The maximum absolute atomic E-state index is 12.2. The van der Waals surface area contributed by atoms with Crippen LogP contribution in [0.4, 0.5) is 0 Å². The average Bonchev–Trinajstić information content (AvgIpc) is 2.54. The number of carbonyl (C=O) groups is 1. The zero-order valence-corrected chi connectivity index (χ0v) is 16.1. The summed E-state index contributed by atoms with van der Waals surface area (Å²) in [6, 6.07) is 7.74. The summed E-state index contributed by atoms with van der Waals surface area (Å²) in [4.78, 5) is 12.2. The quantitative estimate of drug-likeness (QED) is 0.726. The number of rotatable bonds is 7. The highest BCUT2D eigenvalue weighted by Crippen LogP contribution is 2.19. The van der Waals surface area contributed by atoms with Crippen LogP contribution in [0.25, 0.3) is 0 Å². The monoisotopic (exact) mass is 390 g/mol. The number of sulfonamides is 1. The SMILES string of the molecule is CS(=O)(=O)N1CCC[C@H](C(=O)NCCSCc2cccc(Cl)c2)C1. The van der Waals surface area contributed by atoms with E-state index < -0.39 is 10.0 Å². The number of hydrogen-bond donors (Lipinski definition) is 1. The number of piperidine rings is 1. The van der Waals surface area contributed by atoms with E-state index >= 15 is 0 Å². The number of benzene rings is 1. The lowest BCUT2D eigenvalue weighted by molar-refractivity contribution is -0.125. The smallest absolute Gasteiger partial charge is 0.224 e. The Morgan fingerprint density at radius 1 is 1.46 bits per heavy atom. The van der Waals surface area contributed by atoms with Crippen molar-refractivity contribution in [2.75, 3.05) is 31.6 Å². The molecule has 1 fully saturated rings. The molecule has 0 radical (unpaired) electrons. The Hall–Kier alpha value is -0.760. The van der Waals surface area contributed by atoms with Gasteiger partial charge in [0, 0.05) is 36.2 Å². The third-order valence-electron chi connectivity index (χ3n) is 3.93. The minimum atomic E-state index is -3.22. The first kappa shape index (κ1) is 19.6. The van der Waals surface area contributed by atoms with Gasteiger partial charge in [-0.25, -0.2) is 12.7 Å². The second-order valence-electron chi connectivity index (χ2n) is 5.93. The molecule has 0 bridgehead atoms. The molecule has 1 aliphatic heterocycles. The van der Waals surface area contributed by atoms with E-state index in [1.54, 1.807) is 11.8 Å². The van der Waals surface area contributed by atoms with Crippen molar-refractivity contribution < 1.29 is 13.2 Å². The lowest BCUT2D eigenvalue weighted by atomic mass is 9.99. The highest BCUT2D eigenvalue weighted by atomic mass is 35.5. The molecule has 1 atom stereocenters. The van der Waals surface area contributed by atoms with E-state index in [0.29, 0.717) is 19.6 Å². The molecule has 1 N–H and O–H groups in total. The topological polar surface area (TPSA) is 66.5 Å². The Balaban J connectivity index is 1.67. The van der Waals surface area contributed by atoms with E-state index in [1.165, 1.54) is 10.6 Å². The second kappa shape index (κ2) is 9.08. The van der Waals surface area contributed by atoms with Crippen molar-refractivity contribution in [2.24, 2.45) is 5.92 Å². The van der Waals surface area contributed by atoms with Gasteiger partial charge in [-0.15, -0.1) is 0 Å². The fourth-order valence-corrected chi connectivity index (χ4v) is 4.60. The van der Waals surface area contributed by atoms with E-state index in [0.717, 1.165) is 34.9 Å². The van der Waals surface area contributed by atoms with Crippen LogP contribution in [0.2, 0.25) is 5.02 Å². The largest absolute Gasteiger partial charge is 0.355 e. The van der Waals surface area contributed by atoms with Crippen LogP contribution in [0.5, 0.6) is 0 Å². The average molecular weight is 391 g/mol. The van der Waals surface area contributed by atoms with Crippen LogP contribution in [0, 0.1) is 5.92 Å². The number of nitrogens with one attached hydrogen (secondary N) is 1. The van der Waals surface area contributed by atoms with Crippen molar-refractivity contribution in [3.63, 3.8) is 0 Å². The molecule has 1 aromatic carbocycles. The van der Waals surface area contributed by atoms with Crippen molar-refractivity contribution in [1.82, 2.24) is 9.62 Å². The van der Waals surface area contributed by atoms with Crippen LogP contribution in [0.3, 0.4) is 0 Å². The molecule has 0 saturated carbocycles. The summed E-state index contributed by atoms with van der Waals surface area (Å²) < 4.78 is 24.6. The van der Waals surface area contributed by atoms with Gasteiger partial charge < -0.3 is 5.32 Å². The van der Waals surface area contributed by atoms with Gasteiger partial charge in [0.25, 0.3) is 0 Å². The Morgan fingerprint density at radius 2 is 2.25 bits per heavy atom. The van der Waals surface area contributed by atoms with Gasteiger partial charge in [-0.2, -0.15) is 11.8 Å². The third-order valence-corrected chi connectivity index (χ3v) is 6.46. The summed E-state index contributed by atoms with van der Waals surface area (Å²) in [5, 5.41) is 3.65. The first-order valence-electron chi connectivity index (χ1n) is 7.91. The number of amides is 1.